The van der Waals surface area contributed by atoms with Crippen LogP contribution in [0.4, 0.5) is 0 Å². The fourth-order valence-corrected chi connectivity index (χ4v) is 1.14. The van der Waals surface area contributed by atoms with Gasteiger partial charge in [-0.3, -0.25) is 14.4 Å². The lowest BCUT2D eigenvalue weighted by molar-refractivity contribution is -0.141. The van der Waals surface area contributed by atoms with Gasteiger partial charge in [-0.1, -0.05) is 35.9 Å². The maximum Gasteiger partial charge on any atom is 0.302 e. The quantitative estimate of drug-likeness (QED) is 0.607. The summed E-state index contributed by atoms with van der Waals surface area (Å²) in [5.74, 6) is -0.632. The highest BCUT2D eigenvalue weighted by atomic mass is 16.5. The van der Waals surface area contributed by atoms with Crippen molar-refractivity contribution in [2.75, 3.05) is 19.8 Å². The minimum atomic E-state index is -0.211. The Morgan fingerprint density at radius 2 is 0.960 bits per heavy atom. The van der Waals surface area contributed by atoms with E-state index in [9.17, 15) is 14.4 Å². The Bertz CT molecular complexity index is 404. The summed E-state index contributed by atoms with van der Waals surface area (Å²) in [6.07, 6.45) is 0. The molecule has 0 bridgehead atoms. The highest BCUT2D eigenvalue weighted by Gasteiger charge is 1.82. The van der Waals surface area contributed by atoms with E-state index in [-0.39, 0.29) is 17.9 Å². The summed E-state index contributed by atoms with van der Waals surface area (Å²) in [6, 6.07) is 10.3. The molecule has 0 heterocycles. The second kappa shape index (κ2) is 21.6. The van der Waals surface area contributed by atoms with E-state index >= 15 is 0 Å². The summed E-state index contributed by atoms with van der Waals surface area (Å²) < 4.78 is 13.2. The normalized spacial score (nSPS) is 7.96. The van der Waals surface area contributed by atoms with Crippen LogP contribution in [0.2, 0.25) is 0 Å². The molecule has 25 heavy (non-hydrogen) atoms. The molecule has 0 aliphatic heterocycles. The minimum Gasteiger partial charge on any atom is -0.466 e. The molecule has 0 spiro atoms. The fourth-order valence-electron chi connectivity index (χ4n) is 1.14. The third kappa shape index (κ3) is 38.9. The van der Waals surface area contributed by atoms with Gasteiger partial charge in [0.2, 0.25) is 0 Å². The van der Waals surface area contributed by atoms with Crippen LogP contribution in [0, 0.1) is 6.92 Å². The molecule has 0 amide bonds. The summed E-state index contributed by atoms with van der Waals surface area (Å²) in [5.41, 5.74) is 1.32. The number of rotatable bonds is 3. The van der Waals surface area contributed by atoms with Crippen LogP contribution in [-0.4, -0.2) is 37.7 Å². The zero-order chi connectivity index (χ0) is 20.1. The van der Waals surface area contributed by atoms with E-state index in [0.29, 0.717) is 19.8 Å². The smallest absolute Gasteiger partial charge is 0.302 e. The molecule has 6 heteroatoms. The van der Waals surface area contributed by atoms with Crippen LogP contribution in [0.3, 0.4) is 0 Å². The summed E-state index contributed by atoms with van der Waals surface area (Å²) >= 11 is 0. The van der Waals surface area contributed by atoms with Gasteiger partial charge in [0.15, 0.2) is 0 Å². The molecule has 0 atom stereocenters. The first kappa shape index (κ1) is 27.5. The Labute approximate surface area is 151 Å². The van der Waals surface area contributed by atoms with Gasteiger partial charge in [-0.25, -0.2) is 0 Å². The van der Waals surface area contributed by atoms with E-state index in [4.69, 9.17) is 0 Å². The first-order chi connectivity index (χ1) is 11.7. The van der Waals surface area contributed by atoms with E-state index in [1.54, 1.807) is 20.8 Å². The standard InChI is InChI=1S/C7H8.3C4H8O2/c1-7-5-3-2-4-6-7;3*1-3-6-4(2)5/h2-6H,1H3;3*3H2,1-2H3. The SMILES string of the molecule is CCOC(C)=O.CCOC(C)=O.CCOC(C)=O.Cc1ccccc1. The second-order valence-corrected chi connectivity index (χ2v) is 4.43. The number of ether oxygens (including phenoxy) is 3. The molecule has 0 aliphatic rings. The Kier molecular flexibility index (Phi) is 23.8. The number of aryl methyl sites for hydroxylation is 1. The largest absolute Gasteiger partial charge is 0.466 e. The molecule has 0 N–H and O–H groups in total. The van der Waals surface area contributed by atoms with Gasteiger partial charge >= 0.3 is 17.9 Å². The summed E-state index contributed by atoms with van der Waals surface area (Å²) in [5, 5.41) is 0. The fraction of sp³-hybridized carbons (Fsp3) is 0.526. The average molecular weight is 356 g/mol. The molecule has 0 fully saturated rings. The van der Waals surface area contributed by atoms with Crippen LogP contribution in [0.5, 0.6) is 0 Å². The number of carbonyl (C=O) groups is 3. The molecule has 1 rings (SSSR count). The van der Waals surface area contributed by atoms with Gasteiger partial charge in [0, 0.05) is 20.8 Å². The highest BCUT2D eigenvalue weighted by Crippen LogP contribution is 1.92. The van der Waals surface area contributed by atoms with Gasteiger partial charge in [0.1, 0.15) is 0 Å². The van der Waals surface area contributed by atoms with Crippen molar-refractivity contribution >= 4 is 17.9 Å². The molecule has 0 aliphatic carbocycles. The molecule has 0 aromatic heterocycles. The number of esters is 3. The number of hydrogen-bond acceptors (Lipinski definition) is 6. The second-order valence-electron chi connectivity index (χ2n) is 4.43. The molecular weight excluding hydrogens is 324 g/mol. The van der Waals surface area contributed by atoms with Crippen LogP contribution in [0.1, 0.15) is 47.1 Å². The van der Waals surface area contributed by atoms with Gasteiger partial charge < -0.3 is 14.2 Å². The van der Waals surface area contributed by atoms with E-state index < -0.39 is 0 Å². The first-order valence-electron chi connectivity index (χ1n) is 8.12. The van der Waals surface area contributed by atoms with Crippen molar-refractivity contribution < 1.29 is 28.6 Å². The molecule has 0 unspecified atom stereocenters. The monoisotopic (exact) mass is 356 g/mol. The van der Waals surface area contributed by atoms with E-state index in [1.165, 1.54) is 26.3 Å². The summed E-state index contributed by atoms with van der Waals surface area (Å²) in [6.45, 7) is 13.0. The van der Waals surface area contributed by atoms with Gasteiger partial charge in [-0.15, -0.1) is 0 Å². The Morgan fingerprint density at radius 1 is 0.680 bits per heavy atom. The van der Waals surface area contributed by atoms with Crippen molar-refractivity contribution in [1.82, 2.24) is 0 Å². The van der Waals surface area contributed by atoms with E-state index in [1.807, 2.05) is 18.2 Å². The third-order valence-electron chi connectivity index (χ3n) is 1.98. The molecule has 6 nitrogen and oxygen atoms in total. The number of carbonyl (C=O) groups excluding carboxylic acids is 3. The third-order valence-corrected chi connectivity index (χ3v) is 1.98. The Morgan fingerprint density at radius 3 is 1.04 bits per heavy atom. The highest BCUT2D eigenvalue weighted by molar-refractivity contribution is 5.66. The maximum absolute atomic E-state index is 9.82. The van der Waals surface area contributed by atoms with Crippen LogP contribution in [-0.2, 0) is 28.6 Å². The minimum absolute atomic E-state index is 0.211. The van der Waals surface area contributed by atoms with Crippen molar-refractivity contribution in [2.24, 2.45) is 0 Å². The summed E-state index contributed by atoms with van der Waals surface area (Å²) in [4.78, 5) is 29.5. The van der Waals surface area contributed by atoms with Gasteiger partial charge in [-0.05, 0) is 27.7 Å². The van der Waals surface area contributed by atoms with Gasteiger partial charge in [-0.2, -0.15) is 0 Å². The molecule has 0 saturated heterocycles. The van der Waals surface area contributed by atoms with E-state index in [2.05, 4.69) is 33.3 Å². The van der Waals surface area contributed by atoms with Crippen LogP contribution >= 0.6 is 0 Å². The molecule has 1 aromatic rings. The van der Waals surface area contributed by atoms with Crippen molar-refractivity contribution in [1.29, 1.82) is 0 Å². The lowest BCUT2D eigenvalue weighted by atomic mass is 10.2. The number of benzene rings is 1. The van der Waals surface area contributed by atoms with Crippen molar-refractivity contribution in [3.8, 4) is 0 Å². The van der Waals surface area contributed by atoms with Crippen LogP contribution in [0.15, 0.2) is 30.3 Å². The zero-order valence-electron chi connectivity index (χ0n) is 16.5. The predicted octanol–water partition coefficient (Wildman–Crippen LogP) is 3.70. The Hall–Kier alpha value is -2.37. The van der Waals surface area contributed by atoms with Crippen molar-refractivity contribution in [3.05, 3.63) is 35.9 Å². The molecule has 0 saturated carbocycles. The molecule has 0 radical (unpaired) electrons. The number of hydrogen-bond donors (Lipinski definition) is 0. The maximum atomic E-state index is 9.82. The lowest BCUT2D eigenvalue weighted by Gasteiger charge is -1.89. The Balaban J connectivity index is -0.000000259. The molecule has 1 aromatic carbocycles. The van der Waals surface area contributed by atoms with Crippen molar-refractivity contribution in [2.45, 2.75) is 48.5 Å². The van der Waals surface area contributed by atoms with E-state index in [0.717, 1.165) is 0 Å². The first-order valence-corrected chi connectivity index (χ1v) is 8.12. The predicted molar refractivity (Wildman–Crippen MR) is 98.1 cm³/mol. The lowest BCUT2D eigenvalue weighted by Crippen LogP contribution is -1.95. The molecule has 144 valence electrons. The van der Waals surface area contributed by atoms with Crippen LogP contribution in [0.25, 0.3) is 0 Å². The van der Waals surface area contributed by atoms with Crippen LogP contribution < -0.4 is 0 Å². The van der Waals surface area contributed by atoms with Gasteiger partial charge in [0.05, 0.1) is 19.8 Å². The van der Waals surface area contributed by atoms with Gasteiger partial charge in [0.25, 0.3) is 0 Å². The summed E-state index contributed by atoms with van der Waals surface area (Å²) in [7, 11) is 0. The zero-order valence-corrected chi connectivity index (χ0v) is 16.5. The molecular formula is C19H32O6. The van der Waals surface area contributed by atoms with Crippen molar-refractivity contribution in [3.63, 3.8) is 0 Å². The average Bonchev–Trinajstić information content (AvgIpc) is 2.49. The topological polar surface area (TPSA) is 78.9 Å².